The van der Waals surface area contributed by atoms with Crippen molar-refractivity contribution in [2.75, 3.05) is 18.6 Å². The van der Waals surface area contributed by atoms with E-state index in [0.717, 1.165) is 28.4 Å². The van der Waals surface area contributed by atoms with Gasteiger partial charge in [-0.2, -0.15) is 0 Å². The number of carboxylic acids is 2. The molecular formula is C17H15N7NaO8S4-. The van der Waals surface area contributed by atoms with Gasteiger partial charge in [0.1, 0.15) is 9.96 Å². The number of amides is 3. The fraction of sp³-hybridized carbons (Fsp3) is 0.412. The molecule has 192 valence electrons. The van der Waals surface area contributed by atoms with Crippen molar-refractivity contribution in [3.05, 3.63) is 21.1 Å². The van der Waals surface area contributed by atoms with Gasteiger partial charge in [-0.05, 0) is 16.0 Å². The molecule has 0 aromatic carbocycles. The number of hydrogen-bond donors (Lipinski definition) is 2. The molecule has 37 heavy (non-hydrogen) atoms. The zero-order valence-electron chi connectivity index (χ0n) is 19.3. The summed E-state index contributed by atoms with van der Waals surface area (Å²) in [5, 5.41) is 36.1. The average molecular weight is 597 g/mol. The number of β-lactam (4-membered cyclic amide) rings is 1. The third-order valence-corrected chi connectivity index (χ3v) is 10.5. The second-order valence-corrected chi connectivity index (χ2v) is 12.1. The molecule has 2 atom stereocenters. The Morgan fingerprint density at radius 1 is 1.30 bits per heavy atom. The number of primary amides is 1. The van der Waals surface area contributed by atoms with Crippen molar-refractivity contribution in [1.29, 1.82) is 0 Å². The van der Waals surface area contributed by atoms with Gasteiger partial charge in [0.05, 0.1) is 27.4 Å². The number of nitrogens with one attached hydrogen (secondary N) is 1. The van der Waals surface area contributed by atoms with Gasteiger partial charge in [-0.25, -0.2) is 4.68 Å². The molecule has 0 spiro atoms. The van der Waals surface area contributed by atoms with Crippen molar-refractivity contribution in [2.45, 2.75) is 20.8 Å². The number of aromatic nitrogens is 4. The summed E-state index contributed by atoms with van der Waals surface area (Å²) in [6, 6.07) is 0. The summed E-state index contributed by atoms with van der Waals surface area (Å²) in [7, 11) is 2.82. The van der Waals surface area contributed by atoms with Crippen molar-refractivity contribution >= 4 is 76.7 Å². The van der Waals surface area contributed by atoms with Crippen LogP contribution in [-0.2, 0) is 35.8 Å². The number of nitrogens with two attached hydrogens (primary N) is 1. The second kappa shape index (κ2) is 11.6. The van der Waals surface area contributed by atoms with Crippen LogP contribution >= 0.6 is 47.0 Å². The zero-order chi connectivity index (χ0) is 26.4. The first-order valence-electron chi connectivity index (χ1n) is 9.71. The van der Waals surface area contributed by atoms with E-state index >= 15 is 0 Å². The monoisotopic (exact) mass is 596 g/mol. The van der Waals surface area contributed by atoms with Crippen molar-refractivity contribution < 1.29 is 68.5 Å². The van der Waals surface area contributed by atoms with Gasteiger partial charge in [0.25, 0.3) is 17.5 Å². The maximum absolute atomic E-state index is 13.1. The number of thioether (sulfide) groups is 4. The predicted octanol–water partition coefficient (Wildman–Crippen LogP) is -7.06. The van der Waals surface area contributed by atoms with Crippen molar-refractivity contribution in [2.24, 2.45) is 12.8 Å². The summed E-state index contributed by atoms with van der Waals surface area (Å²) < 4.78 is 5.89. The van der Waals surface area contributed by atoms with Gasteiger partial charge in [0.2, 0.25) is 11.1 Å². The Balaban J connectivity index is 0.00000380. The third kappa shape index (κ3) is 5.27. The van der Waals surface area contributed by atoms with Gasteiger partial charge in [-0.15, -0.1) is 16.9 Å². The minimum Gasteiger partial charge on any atom is -0.545 e. The standard InChI is InChI=1S/C17H17N7O8S4.Na/c1-23-16(20-21-22-23)34-4-5-3-33-15-17(32-2,14(31)24(15)7(5)11(29)30)19-9(26)13-35-12(36-13)6(8(18)25)10(27)28;/h13,15H,3-4H2,1-2H3,(H2,18,25)(H,19,26)(H,27,28)(H,29,30);/q;+1/p-2/t13?,15-,17+;/m1./s1. The second-order valence-electron chi connectivity index (χ2n) is 7.26. The first-order valence-corrected chi connectivity index (χ1v) is 13.5. The molecular weight excluding hydrogens is 581 g/mol. The first kappa shape index (κ1) is 29.8. The largest absolute Gasteiger partial charge is 1.00 e. The molecule has 0 radical (unpaired) electrons. The number of carboxylic acid groups (broad SMARTS) is 2. The van der Waals surface area contributed by atoms with E-state index in [1.807, 2.05) is 0 Å². The normalized spacial score (nSPS) is 24.3. The van der Waals surface area contributed by atoms with Crippen LogP contribution in [0.15, 0.2) is 26.2 Å². The number of aliphatic carboxylic acids is 2. The Morgan fingerprint density at radius 2 is 1.97 bits per heavy atom. The van der Waals surface area contributed by atoms with E-state index in [1.54, 1.807) is 7.05 Å². The molecule has 4 rings (SSSR count). The van der Waals surface area contributed by atoms with Gasteiger partial charge in [-0.3, -0.25) is 19.3 Å². The molecule has 1 aromatic heterocycles. The zero-order valence-corrected chi connectivity index (χ0v) is 24.5. The minimum absolute atomic E-state index is 0. The number of aryl methyl sites for hydroxylation is 1. The minimum atomic E-state index is -1.85. The van der Waals surface area contributed by atoms with E-state index in [-0.39, 0.29) is 51.0 Å². The Kier molecular flexibility index (Phi) is 9.31. The van der Waals surface area contributed by atoms with Crippen LogP contribution in [0, 0.1) is 0 Å². The molecule has 3 aliphatic heterocycles. The molecule has 3 amide bonds. The van der Waals surface area contributed by atoms with Crippen molar-refractivity contribution in [1.82, 2.24) is 30.4 Å². The quantitative estimate of drug-likeness (QED) is 0.0514. The van der Waals surface area contributed by atoms with Crippen LogP contribution in [0.3, 0.4) is 0 Å². The van der Waals surface area contributed by atoms with Gasteiger partial charge in [0.15, 0.2) is 0 Å². The molecule has 0 bridgehead atoms. The van der Waals surface area contributed by atoms with E-state index in [1.165, 1.54) is 35.3 Å². The van der Waals surface area contributed by atoms with Gasteiger partial charge in [-0.1, -0.05) is 35.3 Å². The molecule has 3 N–H and O–H groups in total. The van der Waals surface area contributed by atoms with Crippen LogP contribution in [0.1, 0.15) is 0 Å². The molecule has 0 saturated carbocycles. The van der Waals surface area contributed by atoms with Crippen molar-refractivity contribution in [3.8, 4) is 0 Å². The number of fused-ring (bicyclic) bond motifs is 1. The van der Waals surface area contributed by atoms with Gasteiger partial charge >= 0.3 is 29.6 Å². The smallest absolute Gasteiger partial charge is 0.545 e. The fourth-order valence-corrected chi connectivity index (χ4v) is 8.13. The molecule has 15 nitrogen and oxygen atoms in total. The summed E-state index contributed by atoms with van der Waals surface area (Å²) in [6.45, 7) is 0. The number of tetrazole rings is 1. The summed E-state index contributed by atoms with van der Waals surface area (Å²) in [5.41, 5.74) is 2.54. The molecule has 2 saturated heterocycles. The number of methoxy groups -OCH3 is 1. The topological polar surface area (TPSA) is 226 Å². The number of hydrogen-bond acceptors (Lipinski definition) is 15. The van der Waals surface area contributed by atoms with Crippen LogP contribution < -0.4 is 50.8 Å². The number of carbonyl (C=O) groups excluding carboxylic acids is 5. The molecule has 3 aliphatic rings. The number of ether oxygens (including phenoxy) is 1. The molecule has 2 fully saturated rings. The first-order chi connectivity index (χ1) is 17.0. The van der Waals surface area contributed by atoms with Gasteiger partial charge in [0, 0.05) is 25.7 Å². The average Bonchev–Trinajstić information content (AvgIpc) is 3.20. The Morgan fingerprint density at radius 3 is 2.49 bits per heavy atom. The van der Waals surface area contributed by atoms with E-state index in [4.69, 9.17) is 10.5 Å². The van der Waals surface area contributed by atoms with E-state index in [9.17, 15) is 34.2 Å². The molecule has 0 aliphatic carbocycles. The number of nitrogens with zero attached hydrogens (tertiary/aromatic N) is 5. The summed E-state index contributed by atoms with van der Waals surface area (Å²) in [4.78, 5) is 61.3. The van der Waals surface area contributed by atoms with Crippen LogP contribution in [0.2, 0.25) is 0 Å². The molecule has 4 heterocycles. The van der Waals surface area contributed by atoms with E-state index in [2.05, 4.69) is 20.8 Å². The summed E-state index contributed by atoms with van der Waals surface area (Å²) in [5.74, 6) is -5.65. The maximum Gasteiger partial charge on any atom is 1.00 e. The number of carbonyl (C=O) groups is 5. The Labute approximate surface area is 247 Å². The van der Waals surface area contributed by atoms with Crippen LogP contribution in [-0.4, -0.2) is 89.1 Å². The SMILES string of the molecule is CO[C@@]1(NC(=O)C2SC(=C(C(N)=O)C(=O)[O-])S2)C(=O)N2C(C(=O)[O-])=C(CSc3nnnn3C)CS[C@@H]21.[Na+]. The molecule has 20 heteroatoms. The summed E-state index contributed by atoms with van der Waals surface area (Å²) >= 11 is 3.89. The third-order valence-electron chi connectivity index (χ3n) is 5.19. The molecule has 1 aromatic rings. The fourth-order valence-electron chi connectivity index (χ4n) is 3.49. The molecule has 0 unspecified atom stereocenters. The predicted molar refractivity (Wildman–Crippen MR) is 123 cm³/mol. The van der Waals surface area contributed by atoms with Crippen LogP contribution in [0.5, 0.6) is 0 Å². The summed E-state index contributed by atoms with van der Waals surface area (Å²) in [6.07, 6.45) is 0. The van der Waals surface area contributed by atoms with Gasteiger partial charge < -0.3 is 35.6 Å². The van der Waals surface area contributed by atoms with E-state index in [0.29, 0.717) is 10.7 Å². The number of rotatable bonds is 9. The maximum atomic E-state index is 13.1. The van der Waals surface area contributed by atoms with E-state index < -0.39 is 50.9 Å². The Bertz CT molecular complexity index is 1230. The Hall–Kier alpha value is -1.74. The van der Waals surface area contributed by atoms with Crippen molar-refractivity contribution in [3.63, 3.8) is 0 Å². The van der Waals surface area contributed by atoms with Crippen LogP contribution in [0.25, 0.3) is 0 Å². The van der Waals surface area contributed by atoms with Crippen LogP contribution in [0.4, 0.5) is 0 Å².